The smallest absolute Gasteiger partial charge is 0.398 e. The van der Waals surface area contributed by atoms with Crippen LogP contribution in [0.15, 0.2) is 18.2 Å². The highest BCUT2D eigenvalue weighted by Crippen LogP contribution is 2.35. The third-order valence-electron chi connectivity index (χ3n) is 3.49. The van der Waals surface area contributed by atoms with E-state index in [4.69, 9.17) is 5.73 Å². The molecule has 1 aromatic rings. The topological polar surface area (TPSA) is 55.1 Å². The van der Waals surface area contributed by atoms with Crippen LogP contribution in [0.5, 0.6) is 0 Å². The second kappa shape index (κ2) is 4.43. The average Bonchev–Trinajstić information content (AvgIpc) is 2.25. The normalized spacial score (nSPS) is 17.7. The van der Waals surface area contributed by atoms with Crippen molar-refractivity contribution in [3.05, 3.63) is 29.3 Å². The van der Waals surface area contributed by atoms with E-state index in [2.05, 4.69) is 5.32 Å². The first kappa shape index (κ1) is 13.7. The molecule has 6 heteroatoms. The summed E-state index contributed by atoms with van der Waals surface area (Å²) in [6.45, 7) is 1.89. The lowest BCUT2D eigenvalue weighted by Gasteiger charge is -2.39. The Morgan fingerprint density at radius 1 is 1.37 bits per heavy atom. The molecule has 1 saturated carbocycles. The summed E-state index contributed by atoms with van der Waals surface area (Å²) in [5.41, 5.74) is 3.63. The van der Waals surface area contributed by atoms with E-state index in [1.807, 2.05) is 6.92 Å². The van der Waals surface area contributed by atoms with Crippen molar-refractivity contribution in [2.75, 3.05) is 5.73 Å². The zero-order valence-corrected chi connectivity index (χ0v) is 10.5. The minimum Gasteiger partial charge on any atom is -0.398 e. The van der Waals surface area contributed by atoms with Crippen molar-refractivity contribution in [1.82, 2.24) is 5.32 Å². The third kappa shape index (κ3) is 2.83. The number of carbonyl (C=O) groups excluding carboxylic acids is 1. The summed E-state index contributed by atoms with van der Waals surface area (Å²) < 4.78 is 38.1. The number of nitrogen functional groups attached to an aromatic ring is 1. The number of nitrogens with two attached hydrogens (primary N) is 1. The van der Waals surface area contributed by atoms with E-state index in [9.17, 15) is 18.0 Å². The molecular formula is C13H15F3N2O. The maximum Gasteiger partial charge on any atom is 0.418 e. The number of amides is 1. The highest BCUT2D eigenvalue weighted by Gasteiger charge is 2.36. The monoisotopic (exact) mass is 272 g/mol. The van der Waals surface area contributed by atoms with Gasteiger partial charge in [0.25, 0.3) is 5.91 Å². The molecule has 3 nitrogen and oxygen atoms in total. The second-order valence-corrected chi connectivity index (χ2v) is 5.17. The van der Waals surface area contributed by atoms with Gasteiger partial charge in [0.2, 0.25) is 0 Å². The van der Waals surface area contributed by atoms with Crippen LogP contribution in [0.1, 0.15) is 42.1 Å². The molecule has 1 fully saturated rings. The SMILES string of the molecule is CC1(NC(=O)c2ccc(N)c(C(F)(F)F)c2)CCC1. The Balaban J connectivity index is 2.23. The van der Waals surface area contributed by atoms with Crippen LogP contribution in [0, 0.1) is 0 Å². The number of hydrogen-bond donors (Lipinski definition) is 2. The van der Waals surface area contributed by atoms with Crippen LogP contribution in [0.4, 0.5) is 18.9 Å². The summed E-state index contributed by atoms with van der Waals surface area (Å²) in [6, 6.07) is 3.22. The third-order valence-corrected chi connectivity index (χ3v) is 3.49. The quantitative estimate of drug-likeness (QED) is 0.813. The van der Waals surface area contributed by atoms with E-state index < -0.39 is 17.6 Å². The van der Waals surface area contributed by atoms with Crippen molar-refractivity contribution in [2.45, 2.75) is 37.9 Å². The van der Waals surface area contributed by atoms with E-state index in [-0.39, 0.29) is 16.8 Å². The highest BCUT2D eigenvalue weighted by molar-refractivity contribution is 5.95. The minimum absolute atomic E-state index is 0.0188. The average molecular weight is 272 g/mol. The molecule has 0 aliphatic heterocycles. The van der Waals surface area contributed by atoms with Crippen LogP contribution >= 0.6 is 0 Å². The minimum atomic E-state index is -4.55. The van der Waals surface area contributed by atoms with Gasteiger partial charge in [-0.1, -0.05) is 0 Å². The maximum atomic E-state index is 12.7. The standard InChI is InChI=1S/C13H15F3N2O/c1-12(5-2-6-12)18-11(19)8-3-4-10(17)9(7-8)13(14,15)16/h3-4,7H,2,5-6,17H2,1H3,(H,18,19). The molecule has 1 aliphatic rings. The van der Waals surface area contributed by atoms with Crippen molar-refractivity contribution < 1.29 is 18.0 Å². The van der Waals surface area contributed by atoms with Gasteiger partial charge in [-0.25, -0.2) is 0 Å². The summed E-state index contributed by atoms with van der Waals surface area (Å²) in [4.78, 5) is 11.9. The van der Waals surface area contributed by atoms with Crippen molar-refractivity contribution in [1.29, 1.82) is 0 Å². The van der Waals surface area contributed by atoms with Gasteiger partial charge >= 0.3 is 6.18 Å². The van der Waals surface area contributed by atoms with E-state index >= 15 is 0 Å². The van der Waals surface area contributed by atoms with Crippen LogP contribution in [0.2, 0.25) is 0 Å². The number of halogens is 3. The van der Waals surface area contributed by atoms with Crippen LogP contribution in [-0.2, 0) is 6.18 Å². The molecule has 0 radical (unpaired) electrons. The van der Waals surface area contributed by atoms with E-state index in [0.717, 1.165) is 31.4 Å². The molecule has 0 saturated heterocycles. The van der Waals surface area contributed by atoms with Crippen LogP contribution in [0.25, 0.3) is 0 Å². The number of nitrogens with one attached hydrogen (secondary N) is 1. The zero-order valence-electron chi connectivity index (χ0n) is 10.5. The van der Waals surface area contributed by atoms with Crippen LogP contribution in [-0.4, -0.2) is 11.4 Å². The Morgan fingerprint density at radius 3 is 2.47 bits per heavy atom. The first-order valence-electron chi connectivity index (χ1n) is 6.00. The fraction of sp³-hybridized carbons (Fsp3) is 0.462. The van der Waals surface area contributed by atoms with Crippen molar-refractivity contribution >= 4 is 11.6 Å². The fourth-order valence-corrected chi connectivity index (χ4v) is 2.12. The second-order valence-electron chi connectivity index (χ2n) is 5.17. The predicted molar refractivity (Wildman–Crippen MR) is 65.6 cm³/mol. The largest absolute Gasteiger partial charge is 0.418 e. The van der Waals surface area contributed by atoms with E-state index in [1.165, 1.54) is 6.07 Å². The first-order valence-corrected chi connectivity index (χ1v) is 6.00. The molecule has 1 aliphatic carbocycles. The number of carbonyl (C=O) groups is 1. The summed E-state index contributed by atoms with van der Waals surface area (Å²) in [5, 5.41) is 2.76. The summed E-state index contributed by atoms with van der Waals surface area (Å²) >= 11 is 0. The first-order chi connectivity index (χ1) is 8.71. The Bertz CT molecular complexity index is 507. The van der Waals surface area contributed by atoms with Gasteiger partial charge in [-0.2, -0.15) is 13.2 Å². The number of anilines is 1. The van der Waals surface area contributed by atoms with E-state index in [0.29, 0.717) is 0 Å². The lowest BCUT2D eigenvalue weighted by atomic mass is 9.78. The zero-order chi connectivity index (χ0) is 14.3. The summed E-state index contributed by atoms with van der Waals surface area (Å²) in [5.74, 6) is -0.493. The van der Waals surface area contributed by atoms with Crippen molar-refractivity contribution in [3.63, 3.8) is 0 Å². The molecule has 0 spiro atoms. The van der Waals surface area contributed by atoms with Gasteiger partial charge < -0.3 is 11.1 Å². The van der Waals surface area contributed by atoms with Gasteiger partial charge in [-0.3, -0.25) is 4.79 Å². The van der Waals surface area contributed by atoms with Gasteiger partial charge in [-0.05, 0) is 44.4 Å². The molecular weight excluding hydrogens is 257 g/mol. The van der Waals surface area contributed by atoms with Crippen molar-refractivity contribution in [2.24, 2.45) is 0 Å². The Morgan fingerprint density at radius 2 is 2.00 bits per heavy atom. The number of alkyl halides is 3. The Hall–Kier alpha value is -1.72. The predicted octanol–water partition coefficient (Wildman–Crippen LogP) is 2.96. The molecule has 0 unspecified atom stereocenters. The number of rotatable bonds is 2. The summed E-state index contributed by atoms with van der Waals surface area (Å²) in [6.07, 6.45) is -1.84. The molecule has 2 rings (SSSR count). The lowest BCUT2D eigenvalue weighted by Crippen LogP contribution is -2.50. The van der Waals surface area contributed by atoms with Gasteiger partial charge in [-0.15, -0.1) is 0 Å². The molecule has 1 aromatic carbocycles. The molecule has 1 amide bonds. The number of benzene rings is 1. The van der Waals surface area contributed by atoms with Gasteiger partial charge in [0, 0.05) is 16.8 Å². The molecule has 0 aromatic heterocycles. The summed E-state index contributed by atoms with van der Waals surface area (Å²) in [7, 11) is 0. The molecule has 0 bridgehead atoms. The van der Waals surface area contributed by atoms with Crippen LogP contribution < -0.4 is 11.1 Å². The van der Waals surface area contributed by atoms with Crippen LogP contribution in [0.3, 0.4) is 0 Å². The Kier molecular flexibility index (Phi) is 3.20. The Labute approximate surface area is 109 Å². The molecule has 104 valence electrons. The van der Waals surface area contributed by atoms with Gasteiger partial charge in [0.15, 0.2) is 0 Å². The molecule has 3 N–H and O–H groups in total. The molecule has 0 heterocycles. The number of hydrogen-bond acceptors (Lipinski definition) is 2. The van der Waals surface area contributed by atoms with E-state index in [1.54, 1.807) is 0 Å². The molecule has 0 atom stereocenters. The highest BCUT2D eigenvalue weighted by atomic mass is 19.4. The lowest BCUT2D eigenvalue weighted by molar-refractivity contribution is -0.136. The maximum absolute atomic E-state index is 12.7. The van der Waals surface area contributed by atoms with Gasteiger partial charge in [0.1, 0.15) is 0 Å². The van der Waals surface area contributed by atoms with Crippen molar-refractivity contribution in [3.8, 4) is 0 Å². The van der Waals surface area contributed by atoms with Gasteiger partial charge in [0.05, 0.1) is 5.56 Å². The molecule has 19 heavy (non-hydrogen) atoms. The fourth-order valence-electron chi connectivity index (χ4n) is 2.12.